The molecule has 0 atom stereocenters. The van der Waals surface area contributed by atoms with Crippen molar-refractivity contribution in [3.63, 3.8) is 0 Å². The van der Waals surface area contributed by atoms with Crippen LogP contribution in [-0.2, 0) is 0 Å². The van der Waals surface area contributed by atoms with Gasteiger partial charge in [0.25, 0.3) is 0 Å². The zero-order chi connectivity index (χ0) is 31.6. The number of rotatable bonds is 4. The summed E-state index contributed by atoms with van der Waals surface area (Å²) in [6, 6.07) is 58.3. The van der Waals surface area contributed by atoms with Crippen molar-refractivity contribution in [2.45, 2.75) is 0 Å². The Balaban J connectivity index is 1.34. The Bertz CT molecular complexity index is 2770. The van der Waals surface area contributed by atoms with E-state index in [1.165, 1.54) is 47.3 Å². The Morgan fingerprint density at radius 3 is 1.77 bits per heavy atom. The molecule has 4 heteroatoms. The predicted octanol–water partition coefficient (Wildman–Crippen LogP) is 12.1. The first-order chi connectivity index (χ1) is 23.8. The monoisotopic (exact) mass is 629 g/mol. The highest BCUT2D eigenvalue weighted by Gasteiger charge is 2.22. The van der Waals surface area contributed by atoms with E-state index < -0.39 is 0 Å². The number of thiophene rings is 1. The maximum Gasteiger partial charge on any atom is 0.235 e. The predicted molar refractivity (Wildman–Crippen MR) is 203 cm³/mol. The van der Waals surface area contributed by atoms with E-state index in [0.717, 1.165) is 39.1 Å². The van der Waals surface area contributed by atoms with Crippen molar-refractivity contribution in [3.8, 4) is 39.6 Å². The van der Waals surface area contributed by atoms with E-state index in [2.05, 4.69) is 156 Å². The van der Waals surface area contributed by atoms with Gasteiger partial charge in [-0.1, -0.05) is 146 Å². The number of hydrogen-bond acceptors (Lipinski definition) is 3. The molecular formula is C44H27N3S. The van der Waals surface area contributed by atoms with Gasteiger partial charge in [0.1, 0.15) is 0 Å². The minimum Gasteiger partial charge on any atom is -0.277 e. The average Bonchev–Trinajstić information content (AvgIpc) is 3.71. The Morgan fingerprint density at radius 1 is 0.396 bits per heavy atom. The van der Waals surface area contributed by atoms with Crippen molar-refractivity contribution in [2.75, 3.05) is 0 Å². The summed E-state index contributed by atoms with van der Waals surface area (Å²) >= 11 is 1.85. The molecular weight excluding hydrogens is 603 g/mol. The minimum atomic E-state index is 0.655. The molecule has 3 heterocycles. The van der Waals surface area contributed by atoms with Crippen molar-refractivity contribution in [1.29, 1.82) is 0 Å². The summed E-state index contributed by atoms with van der Waals surface area (Å²) < 4.78 is 4.91. The van der Waals surface area contributed by atoms with Crippen LogP contribution in [0.3, 0.4) is 0 Å². The maximum absolute atomic E-state index is 5.35. The minimum absolute atomic E-state index is 0.655. The third kappa shape index (κ3) is 4.20. The van der Waals surface area contributed by atoms with E-state index in [9.17, 15) is 0 Å². The number of nitrogens with zero attached hydrogens (tertiary/aromatic N) is 3. The highest BCUT2D eigenvalue weighted by atomic mass is 32.1. The lowest BCUT2D eigenvalue weighted by Gasteiger charge is -2.14. The maximum atomic E-state index is 5.35. The van der Waals surface area contributed by atoms with Crippen LogP contribution in [0.4, 0.5) is 0 Å². The first-order valence-corrected chi connectivity index (χ1v) is 17.0. The molecule has 0 unspecified atom stereocenters. The second-order valence-electron chi connectivity index (χ2n) is 12.2. The molecule has 0 radical (unpaired) electrons. The summed E-state index contributed by atoms with van der Waals surface area (Å²) in [6.45, 7) is 0. The molecule has 0 aliphatic rings. The van der Waals surface area contributed by atoms with Gasteiger partial charge < -0.3 is 0 Å². The molecule has 0 aliphatic carbocycles. The highest BCUT2D eigenvalue weighted by molar-refractivity contribution is 7.25. The molecule has 3 nitrogen and oxygen atoms in total. The fourth-order valence-electron chi connectivity index (χ4n) is 7.20. The number of benzene rings is 7. The quantitative estimate of drug-likeness (QED) is 0.194. The van der Waals surface area contributed by atoms with E-state index in [0.29, 0.717) is 5.95 Å². The summed E-state index contributed by atoms with van der Waals surface area (Å²) in [4.78, 5) is 10.7. The van der Waals surface area contributed by atoms with E-state index in [-0.39, 0.29) is 0 Å². The lowest BCUT2D eigenvalue weighted by atomic mass is 10.00. The molecule has 3 aromatic heterocycles. The van der Waals surface area contributed by atoms with Crippen molar-refractivity contribution >= 4 is 64.1 Å². The van der Waals surface area contributed by atoms with Gasteiger partial charge in [0.05, 0.1) is 22.4 Å². The summed E-state index contributed by atoms with van der Waals surface area (Å²) in [5, 5.41) is 7.33. The molecule has 10 rings (SSSR count). The van der Waals surface area contributed by atoms with Gasteiger partial charge >= 0.3 is 0 Å². The summed E-state index contributed by atoms with van der Waals surface area (Å²) in [5.41, 5.74) is 8.44. The number of aromatic nitrogens is 3. The number of hydrogen-bond donors (Lipinski definition) is 0. The molecule has 224 valence electrons. The zero-order valence-electron chi connectivity index (χ0n) is 25.8. The molecule has 0 saturated carbocycles. The summed E-state index contributed by atoms with van der Waals surface area (Å²) in [6.07, 6.45) is 0. The van der Waals surface area contributed by atoms with E-state index in [1.54, 1.807) is 0 Å². The average molecular weight is 630 g/mol. The smallest absolute Gasteiger partial charge is 0.235 e. The SMILES string of the molecule is c1ccc(-c2cc(-c3ccccc3)nc(-n3c4c(-c5ccc6c(c5)sc5ccccc56)cccc4c4ccc5ccccc5c43)n2)cc1. The molecule has 0 bridgehead atoms. The van der Waals surface area contributed by atoms with E-state index in [1.807, 2.05) is 23.5 Å². The van der Waals surface area contributed by atoms with Gasteiger partial charge in [0.2, 0.25) is 5.95 Å². The van der Waals surface area contributed by atoms with Gasteiger partial charge in [0.15, 0.2) is 0 Å². The Kier molecular flexibility index (Phi) is 6.05. The Labute approximate surface area is 281 Å². The number of fused-ring (bicyclic) bond motifs is 8. The zero-order valence-corrected chi connectivity index (χ0v) is 26.7. The molecule has 0 fully saturated rings. The topological polar surface area (TPSA) is 30.7 Å². The second kappa shape index (κ2) is 10.7. The van der Waals surface area contributed by atoms with Crippen LogP contribution in [0.1, 0.15) is 0 Å². The highest BCUT2D eigenvalue weighted by Crippen LogP contribution is 2.43. The fourth-order valence-corrected chi connectivity index (χ4v) is 8.35. The molecule has 0 saturated heterocycles. The van der Waals surface area contributed by atoms with E-state index in [4.69, 9.17) is 9.97 Å². The standard InChI is InChI=1S/C44H27N3S/c1-3-13-29(14-4-1)38-27-39(30-15-5-2-6-16-30)46-44(45-38)47-42-32-17-8-7-12-28(32)22-25-37(42)36-20-11-19-33(43(36)47)31-23-24-35-34-18-9-10-21-40(34)48-41(35)26-31/h1-27H. The van der Waals surface area contributed by atoms with E-state index >= 15 is 0 Å². The Hall–Kier alpha value is -6.10. The van der Waals surface area contributed by atoms with Crippen LogP contribution in [0.5, 0.6) is 0 Å². The van der Waals surface area contributed by atoms with Gasteiger partial charge in [-0.05, 0) is 29.1 Å². The summed E-state index contributed by atoms with van der Waals surface area (Å²) in [7, 11) is 0. The summed E-state index contributed by atoms with van der Waals surface area (Å²) in [5.74, 6) is 0.655. The van der Waals surface area contributed by atoms with Crippen LogP contribution in [0.25, 0.3) is 92.3 Å². The van der Waals surface area contributed by atoms with Crippen LogP contribution >= 0.6 is 11.3 Å². The molecule has 7 aromatic carbocycles. The molecule has 0 spiro atoms. The normalized spacial score (nSPS) is 11.8. The second-order valence-corrected chi connectivity index (χ2v) is 13.3. The van der Waals surface area contributed by atoms with Crippen LogP contribution in [-0.4, -0.2) is 14.5 Å². The van der Waals surface area contributed by atoms with Crippen LogP contribution < -0.4 is 0 Å². The first kappa shape index (κ1) is 27.1. The van der Waals surface area contributed by atoms with Crippen LogP contribution in [0.2, 0.25) is 0 Å². The van der Waals surface area contributed by atoms with Crippen molar-refractivity contribution < 1.29 is 0 Å². The van der Waals surface area contributed by atoms with Gasteiger partial charge in [-0.2, -0.15) is 0 Å². The Morgan fingerprint density at radius 2 is 1.00 bits per heavy atom. The van der Waals surface area contributed by atoms with Crippen molar-refractivity contribution in [1.82, 2.24) is 14.5 Å². The molecule has 0 N–H and O–H groups in total. The fraction of sp³-hybridized carbons (Fsp3) is 0. The largest absolute Gasteiger partial charge is 0.277 e. The van der Waals surface area contributed by atoms with Crippen molar-refractivity contribution in [3.05, 3.63) is 164 Å². The van der Waals surface area contributed by atoms with Crippen molar-refractivity contribution in [2.24, 2.45) is 0 Å². The van der Waals surface area contributed by atoms with Gasteiger partial charge in [-0.15, -0.1) is 11.3 Å². The van der Waals surface area contributed by atoms with Crippen LogP contribution in [0, 0.1) is 0 Å². The third-order valence-electron chi connectivity index (χ3n) is 9.42. The molecule has 48 heavy (non-hydrogen) atoms. The first-order valence-electron chi connectivity index (χ1n) is 16.2. The van der Waals surface area contributed by atoms with Gasteiger partial charge in [-0.3, -0.25) is 4.57 Å². The number of para-hydroxylation sites is 1. The lowest BCUT2D eigenvalue weighted by molar-refractivity contribution is 0.998. The lowest BCUT2D eigenvalue weighted by Crippen LogP contribution is -2.05. The van der Waals surface area contributed by atoms with Gasteiger partial charge in [0, 0.05) is 53.0 Å². The molecule has 0 aliphatic heterocycles. The van der Waals surface area contributed by atoms with Gasteiger partial charge in [-0.25, -0.2) is 9.97 Å². The molecule has 10 aromatic rings. The molecule has 0 amide bonds. The third-order valence-corrected chi connectivity index (χ3v) is 10.6. The van der Waals surface area contributed by atoms with Crippen LogP contribution in [0.15, 0.2) is 164 Å².